The molecule has 1 aromatic heterocycles. The Morgan fingerprint density at radius 2 is 1.90 bits per heavy atom. The van der Waals surface area contributed by atoms with Crippen molar-refractivity contribution in [1.29, 1.82) is 0 Å². The molecular weight excluding hydrogens is 402 g/mol. The smallest absolute Gasteiger partial charge is 0.246 e. The van der Waals surface area contributed by atoms with Crippen molar-refractivity contribution in [3.63, 3.8) is 0 Å². The molecule has 0 aliphatic carbocycles. The maximum absolute atomic E-state index is 13.5. The van der Waals surface area contributed by atoms with Crippen LogP contribution >= 0.6 is 0 Å². The van der Waals surface area contributed by atoms with Crippen molar-refractivity contribution in [3.8, 4) is 5.69 Å². The minimum Gasteiger partial charge on any atom is -0.381 e. The van der Waals surface area contributed by atoms with Crippen LogP contribution in [0, 0.1) is 18.6 Å². The van der Waals surface area contributed by atoms with Gasteiger partial charge in [-0.25, -0.2) is 13.5 Å². The van der Waals surface area contributed by atoms with Crippen LogP contribution in [0.15, 0.2) is 42.7 Å². The molecule has 3 aromatic rings. The number of nitrogens with one attached hydrogen (secondary N) is 2. The average Bonchev–Trinajstić information content (AvgIpc) is 3.32. The van der Waals surface area contributed by atoms with Crippen molar-refractivity contribution in [2.75, 3.05) is 36.9 Å². The summed E-state index contributed by atoms with van der Waals surface area (Å²) in [5.74, 6) is -1.45. The maximum atomic E-state index is 13.5. The number of nitrogens with zero attached hydrogens (tertiary/aromatic N) is 4. The van der Waals surface area contributed by atoms with Gasteiger partial charge in [0.15, 0.2) is 11.6 Å². The fraction of sp³-hybridized carbons (Fsp3) is 0.364. The second-order valence-electron chi connectivity index (χ2n) is 8.14. The van der Waals surface area contributed by atoms with E-state index < -0.39 is 11.6 Å². The predicted molar refractivity (Wildman–Crippen MR) is 114 cm³/mol. The number of halogens is 2. The molecule has 7 nitrogen and oxygen atoms in total. The molecule has 2 saturated heterocycles. The molecule has 2 aliphatic heterocycles. The molecule has 1 atom stereocenters. The van der Waals surface area contributed by atoms with Crippen LogP contribution in [0.4, 0.5) is 26.1 Å². The Kier molecular flexibility index (Phi) is 5.29. The third-order valence-electron chi connectivity index (χ3n) is 5.72. The molecule has 162 valence electrons. The van der Waals surface area contributed by atoms with E-state index in [0.717, 1.165) is 61.8 Å². The highest BCUT2D eigenvalue weighted by Crippen LogP contribution is 2.25. The molecule has 0 amide bonds. The highest BCUT2D eigenvalue weighted by Gasteiger charge is 2.32. The molecule has 31 heavy (non-hydrogen) atoms. The summed E-state index contributed by atoms with van der Waals surface area (Å²) in [7, 11) is 0. The van der Waals surface area contributed by atoms with Gasteiger partial charge < -0.3 is 15.4 Å². The zero-order valence-electron chi connectivity index (χ0n) is 17.2. The summed E-state index contributed by atoms with van der Waals surface area (Å²) < 4.78 is 33.4. The molecule has 1 unspecified atom stereocenters. The third-order valence-corrected chi connectivity index (χ3v) is 5.72. The van der Waals surface area contributed by atoms with Crippen molar-refractivity contribution in [3.05, 3.63) is 59.9 Å². The summed E-state index contributed by atoms with van der Waals surface area (Å²) in [6.07, 6.45) is 2.56. The lowest BCUT2D eigenvalue weighted by Crippen LogP contribution is -2.48. The Morgan fingerprint density at radius 1 is 1.06 bits per heavy atom. The van der Waals surface area contributed by atoms with Gasteiger partial charge in [0.05, 0.1) is 24.9 Å². The highest BCUT2D eigenvalue weighted by atomic mass is 19.2. The molecule has 2 N–H and O–H groups in total. The van der Waals surface area contributed by atoms with Crippen molar-refractivity contribution in [1.82, 2.24) is 19.7 Å². The molecule has 0 spiro atoms. The van der Waals surface area contributed by atoms with E-state index in [0.29, 0.717) is 23.7 Å². The van der Waals surface area contributed by atoms with Crippen molar-refractivity contribution in [2.45, 2.75) is 25.4 Å². The van der Waals surface area contributed by atoms with Crippen LogP contribution < -0.4 is 10.6 Å². The molecule has 9 heteroatoms. The Bertz CT molecular complexity index is 1080. The van der Waals surface area contributed by atoms with E-state index in [4.69, 9.17) is 4.74 Å². The van der Waals surface area contributed by atoms with Gasteiger partial charge in [-0.15, -0.1) is 5.10 Å². The van der Waals surface area contributed by atoms with E-state index in [2.05, 4.69) is 31.7 Å². The van der Waals surface area contributed by atoms with Gasteiger partial charge in [0.2, 0.25) is 5.95 Å². The van der Waals surface area contributed by atoms with Crippen LogP contribution in [0.1, 0.15) is 12.0 Å². The van der Waals surface area contributed by atoms with E-state index in [1.165, 1.54) is 17.1 Å². The number of hydrogen-bond acceptors (Lipinski definition) is 6. The molecule has 0 radical (unpaired) electrons. The SMILES string of the molecule is Cc1cc(Nc2ncn(-c3ccc(F)c(F)c3)n2)cc(NC2CCN(C3COC3)C2)c1. The topological polar surface area (TPSA) is 67.2 Å². The fourth-order valence-corrected chi connectivity index (χ4v) is 4.05. The van der Waals surface area contributed by atoms with Gasteiger partial charge in [-0.1, -0.05) is 0 Å². The first-order chi connectivity index (χ1) is 15.0. The van der Waals surface area contributed by atoms with Gasteiger partial charge in [0.25, 0.3) is 0 Å². The molecule has 0 saturated carbocycles. The van der Waals surface area contributed by atoms with Crippen molar-refractivity contribution < 1.29 is 13.5 Å². The lowest BCUT2D eigenvalue weighted by Gasteiger charge is -2.34. The van der Waals surface area contributed by atoms with Gasteiger partial charge in [-0.2, -0.15) is 4.98 Å². The fourth-order valence-electron chi connectivity index (χ4n) is 4.05. The predicted octanol–water partition coefficient (Wildman–Crippen LogP) is 3.48. The zero-order chi connectivity index (χ0) is 21.4. The number of aromatic nitrogens is 3. The maximum Gasteiger partial charge on any atom is 0.246 e. The highest BCUT2D eigenvalue weighted by molar-refractivity contribution is 5.63. The summed E-state index contributed by atoms with van der Waals surface area (Å²) in [6, 6.07) is 10.7. The number of hydrogen-bond donors (Lipinski definition) is 2. The normalized spacial score (nSPS) is 19.4. The Hall–Kier alpha value is -3.04. The number of anilines is 3. The summed E-state index contributed by atoms with van der Waals surface area (Å²) in [6.45, 7) is 5.83. The van der Waals surface area contributed by atoms with E-state index in [9.17, 15) is 8.78 Å². The van der Waals surface area contributed by atoms with Crippen LogP contribution in [-0.4, -0.2) is 58.1 Å². The van der Waals surface area contributed by atoms with Crippen molar-refractivity contribution >= 4 is 17.3 Å². The molecule has 2 fully saturated rings. The van der Waals surface area contributed by atoms with Crippen LogP contribution in [0.5, 0.6) is 0 Å². The van der Waals surface area contributed by atoms with Crippen LogP contribution in [-0.2, 0) is 4.74 Å². The second-order valence-corrected chi connectivity index (χ2v) is 8.14. The first kappa shape index (κ1) is 19.9. The third kappa shape index (κ3) is 4.38. The lowest BCUT2D eigenvalue weighted by atomic mass is 10.1. The Labute approximate surface area is 179 Å². The average molecular weight is 426 g/mol. The second kappa shape index (κ2) is 8.24. The molecule has 5 rings (SSSR count). The van der Waals surface area contributed by atoms with Crippen molar-refractivity contribution in [2.24, 2.45) is 0 Å². The summed E-state index contributed by atoms with van der Waals surface area (Å²) in [5.41, 5.74) is 3.40. The molecule has 2 aromatic carbocycles. The quantitative estimate of drug-likeness (QED) is 0.629. The number of rotatable bonds is 6. The largest absolute Gasteiger partial charge is 0.381 e. The number of benzene rings is 2. The van der Waals surface area contributed by atoms with Gasteiger partial charge in [0, 0.05) is 36.6 Å². The van der Waals surface area contributed by atoms with Gasteiger partial charge >= 0.3 is 0 Å². The molecule has 0 bridgehead atoms. The monoisotopic (exact) mass is 426 g/mol. The Morgan fingerprint density at radius 3 is 2.68 bits per heavy atom. The van der Waals surface area contributed by atoms with E-state index >= 15 is 0 Å². The first-order valence-electron chi connectivity index (χ1n) is 10.4. The summed E-state index contributed by atoms with van der Waals surface area (Å²) in [5, 5.41) is 11.2. The van der Waals surface area contributed by atoms with Crippen LogP contribution in [0.3, 0.4) is 0 Å². The standard InChI is InChI=1S/C22H24F2N6O/c1-14-6-16(26-15-4-5-29(10-15)19-11-31-12-19)8-17(7-14)27-22-25-13-30(28-22)18-2-3-20(23)21(24)9-18/h2-3,6-9,13,15,19,26H,4-5,10-12H2,1H3,(H,27,28). The van der Waals surface area contributed by atoms with E-state index in [-0.39, 0.29) is 0 Å². The lowest BCUT2D eigenvalue weighted by molar-refractivity contribution is -0.0571. The molecule has 2 aliphatic rings. The minimum atomic E-state index is -0.924. The molecule has 3 heterocycles. The summed E-state index contributed by atoms with van der Waals surface area (Å²) in [4.78, 5) is 6.72. The Balaban J connectivity index is 1.26. The van der Waals surface area contributed by atoms with Gasteiger partial charge in [0.1, 0.15) is 6.33 Å². The van der Waals surface area contributed by atoms with Gasteiger partial charge in [-0.05, 0) is 49.2 Å². The summed E-state index contributed by atoms with van der Waals surface area (Å²) >= 11 is 0. The zero-order valence-corrected chi connectivity index (χ0v) is 17.2. The first-order valence-corrected chi connectivity index (χ1v) is 10.4. The van der Waals surface area contributed by atoms with Crippen LogP contribution in [0.25, 0.3) is 5.69 Å². The van der Waals surface area contributed by atoms with Gasteiger partial charge in [-0.3, -0.25) is 4.90 Å². The van der Waals surface area contributed by atoms with E-state index in [1.54, 1.807) is 0 Å². The van der Waals surface area contributed by atoms with E-state index in [1.807, 2.05) is 19.1 Å². The van der Waals surface area contributed by atoms with Crippen LogP contribution in [0.2, 0.25) is 0 Å². The minimum absolute atomic E-state index is 0.373. The molecular formula is C22H24F2N6O. The number of ether oxygens (including phenoxy) is 1. The number of likely N-dealkylation sites (tertiary alicyclic amines) is 1. The number of aryl methyl sites for hydroxylation is 1.